The minimum atomic E-state index is -0.291. The zero-order valence-corrected chi connectivity index (χ0v) is 9.84. The zero-order valence-electron chi connectivity index (χ0n) is 9.09. The maximum absolute atomic E-state index is 11.0. The second-order valence-electron chi connectivity index (χ2n) is 4.71. The Morgan fingerprint density at radius 2 is 1.87 bits per heavy atom. The molecule has 1 atom stereocenters. The molecule has 1 aromatic rings. The molecule has 2 heteroatoms. The Kier molecular flexibility index (Phi) is 2.59. The molecule has 2 rings (SSSR count). The van der Waals surface area contributed by atoms with Gasteiger partial charge in [0.15, 0.2) is 0 Å². The van der Waals surface area contributed by atoms with Gasteiger partial charge in [-0.1, -0.05) is 38.1 Å². The second kappa shape index (κ2) is 3.64. The lowest BCUT2D eigenvalue weighted by atomic mass is 9.94. The number of carbonyl (C=O) groups excluding carboxylic acids is 1. The summed E-state index contributed by atoms with van der Waals surface area (Å²) in [6, 6.07) is 8.28. The number of halogens is 1. The molecule has 0 heterocycles. The first kappa shape index (κ1) is 10.7. The van der Waals surface area contributed by atoms with Gasteiger partial charge in [-0.25, -0.2) is 0 Å². The Bertz CT molecular complexity index is 376. The van der Waals surface area contributed by atoms with Gasteiger partial charge in [-0.05, 0) is 41.0 Å². The lowest BCUT2D eigenvalue weighted by Gasteiger charge is -2.11. The van der Waals surface area contributed by atoms with Crippen LogP contribution < -0.4 is 0 Å². The van der Waals surface area contributed by atoms with Crippen LogP contribution in [0.5, 0.6) is 0 Å². The molecule has 80 valence electrons. The van der Waals surface area contributed by atoms with Gasteiger partial charge in [0.05, 0.1) is 5.92 Å². The van der Waals surface area contributed by atoms with E-state index in [1.165, 1.54) is 18.4 Å². The molecule has 1 aliphatic carbocycles. The van der Waals surface area contributed by atoms with E-state index in [2.05, 4.69) is 19.1 Å². The first-order valence-electron chi connectivity index (χ1n) is 5.33. The van der Waals surface area contributed by atoms with E-state index in [4.69, 9.17) is 11.6 Å². The summed E-state index contributed by atoms with van der Waals surface area (Å²) >= 11 is 5.47. The van der Waals surface area contributed by atoms with Crippen LogP contribution in [0.3, 0.4) is 0 Å². The van der Waals surface area contributed by atoms with E-state index in [1.807, 2.05) is 19.1 Å². The summed E-state index contributed by atoms with van der Waals surface area (Å²) in [5.41, 5.74) is 2.77. The van der Waals surface area contributed by atoms with E-state index >= 15 is 0 Å². The predicted molar refractivity (Wildman–Crippen MR) is 62.3 cm³/mol. The summed E-state index contributed by atoms with van der Waals surface area (Å²) in [7, 11) is 0. The fourth-order valence-electron chi connectivity index (χ4n) is 1.78. The maximum atomic E-state index is 11.0. The van der Waals surface area contributed by atoms with Crippen molar-refractivity contribution in [2.24, 2.45) is 0 Å². The molecule has 0 N–H and O–H groups in total. The van der Waals surface area contributed by atoms with Crippen LogP contribution in [0.25, 0.3) is 0 Å². The van der Waals surface area contributed by atoms with Crippen molar-refractivity contribution in [1.29, 1.82) is 0 Å². The molecule has 1 nitrogen and oxygen atoms in total. The smallest absolute Gasteiger partial charge is 0.228 e. The first-order valence-corrected chi connectivity index (χ1v) is 5.70. The van der Waals surface area contributed by atoms with Gasteiger partial charge in [0.1, 0.15) is 0 Å². The average molecular weight is 223 g/mol. The Hall–Kier alpha value is -0.820. The van der Waals surface area contributed by atoms with Gasteiger partial charge >= 0.3 is 0 Å². The third-order valence-electron chi connectivity index (χ3n) is 3.45. The van der Waals surface area contributed by atoms with E-state index in [0.29, 0.717) is 5.41 Å². The van der Waals surface area contributed by atoms with Crippen molar-refractivity contribution >= 4 is 16.8 Å². The highest BCUT2D eigenvalue weighted by molar-refractivity contribution is 6.64. The van der Waals surface area contributed by atoms with Crippen molar-refractivity contribution < 1.29 is 4.79 Å². The van der Waals surface area contributed by atoms with E-state index in [9.17, 15) is 4.79 Å². The van der Waals surface area contributed by atoms with Crippen LogP contribution in [0.4, 0.5) is 0 Å². The van der Waals surface area contributed by atoms with Crippen molar-refractivity contribution in [3.63, 3.8) is 0 Å². The number of hydrogen-bond donors (Lipinski definition) is 0. The molecule has 0 radical (unpaired) electrons. The van der Waals surface area contributed by atoms with Crippen LogP contribution in [-0.4, -0.2) is 5.24 Å². The highest BCUT2D eigenvalue weighted by atomic mass is 35.5. The molecule has 0 amide bonds. The van der Waals surface area contributed by atoms with Gasteiger partial charge in [-0.15, -0.1) is 0 Å². The van der Waals surface area contributed by atoms with E-state index in [-0.39, 0.29) is 11.2 Å². The SMILES string of the molecule is CC(C(=O)Cl)c1ccc(C2(C)CC2)cc1. The lowest BCUT2D eigenvalue weighted by Crippen LogP contribution is -2.04. The Labute approximate surface area is 95.4 Å². The standard InChI is InChI=1S/C13H15ClO/c1-9(12(14)15)10-3-5-11(6-4-10)13(2)7-8-13/h3-6,9H,7-8H2,1-2H3. The minimum Gasteiger partial charge on any atom is -0.281 e. The van der Waals surface area contributed by atoms with E-state index in [1.54, 1.807) is 0 Å². The molecular formula is C13H15ClO. The van der Waals surface area contributed by atoms with E-state index < -0.39 is 0 Å². The first-order chi connectivity index (χ1) is 7.03. The zero-order chi connectivity index (χ0) is 11.1. The lowest BCUT2D eigenvalue weighted by molar-refractivity contribution is -0.112. The normalized spacial score (nSPS) is 19.7. The quantitative estimate of drug-likeness (QED) is 0.715. The largest absolute Gasteiger partial charge is 0.281 e. The molecule has 15 heavy (non-hydrogen) atoms. The summed E-state index contributed by atoms with van der Waals surface area (Å²) in [4.78, 5) is 11.0. The van der Waals surface area contributed by atoms with E-state index in [0.717, 1.165) is 5.56 Å². The molecule has 1 aromatic carbocycles. The van der Waals surface area contributed by atoms with Crippen molar-refractivity contribution in [3.8, 4) is 0 Å². The van der Waals surface area contributed by atoms with Crippen LogP contribution >= 0.6 is 11.6 Å². The van der Waals surface area contributed by atoms with Gasteiger partial charge in [0.25, 0.3) is 0 Å². The Morgan fingerprint density at radius 1 is 1.33 bits per heavy atom. The molecule has 0 saturated heterocycles. The van der Waals surface area contributed by atoms with Crippen LogP contribution in [-0.2, 0) is 10.2 Å². The molecule has 0 spiro atoms. The molecule has 1 aliphatic rings. The fraction of sp³-hybridized carbons (Fsp3) is 0.462. The van der Waals surface area contributed by atoms with Gasteiger partial charge in [-0.2, -0.15) is 0 Å². The monoisotopic (exact) mass is 222 g/mol. The summed E-state index contributed by atoms with van der Waals surface area (Å²) in [5, 5.41) is -0.291. The van der Waals surface area contributed by atoms with Crippen LogP contribution in [0.1, 0.15) is 43.7 Å². The molecule has 0 aromatic heterocycles. The summed E-state index contributed by atoms with van der Waals surface area (Å²) in [6.45, 7) is 4.11. The minimum absolute atomic E-state index is 0.201. The van der Waals surface area contributed by atoms with Crippen molar-refractivity contribution in [2.75, 3.05) is 0 Å². The van der Waals surface area contributed by atoms with Gasteiger partial charge in [0.2, 0.25) is 5.24 Å². The van der Waals surface area contributed by atoms with Crippen LogP contribution in [0.15, 0.2) is 24.3 Å². The summed E-state index contributed by atoms with van der Waals surface area (Å²) in [5.74, 6) is -0.201. The molecule has 1 unspecified atom stereocenters. The number of benzene rings is 1. The molecule has 0 bridgehead atoms. The maximum Gasteiger partial charge on any atom is 0.228 e. The molecule has 1 saturated carbocycles. The van der Waals surface area contributed by atoms with Crippen LogP contribution in [0.2, 0.25) is 0 Å². The number of hydrogen-bond acceptors (Lipinski definition) is 1. The predicted octanol–water partition coefficient (Wildman–Crippen LogP) is 3.61. The van der Waals surface area contributed by atoms with Gasteiger partial charge < -0.3 is 0 Å². The fourth-order valence-corrected chi connectivity index (χ4v) is 1.91. The van der Waals surface area contributed by atoms with Gasteiger partial charge in [-0.3, -0.25) is 4.79 Å². The topological polar surface area (TPSA) is 17.1 Å². The summed E-state index contributed by atoms with van der Waals surface area (Å²) < 4.78 is 0. The summed E-state index contributed by atoms with van der Waals surface area (Å²) in [6.07, 6.45) is 2.55. The van der Waals surface area contributed by atoms with Crippen molar-refractivity contribution in [2.45, 2.75) is 38.0 Å². The second-order valence-corrected chi connectivity index (χ2v) is 5.08. The van der Waals surface area contributed by atoms with Gasteiger partial charge in [0, 0.05) is 0 Å². The third-order valence-corrected chi connectivity index (χ3v) is 3.78. The highest BCUT2D eigenvalue weighted by Crippen LogP contribution is 2.47. The van der Waals surface area contributed by atoms with Crippen molar-refractivity contribution in [3.05, 3.63) is 35.4 Å². The number of rotatable bonds is 3. The van der Waals surface area contributed by atoms with Crippen molar-refractivity contribution in [1.82, 2.24) is 0 Å². The highest BCUT2D eigenvalue weighted by Gasteiger charge is 2.38. The Balaban J connectivity index is 2.20. The molecule has 0 aliphatic heterocycles. The Morgan fingerprint density at radius 3 is 2.27 bits per heavy atom. The number of carbonyl (C=O) groups is 1. The molecule has 1 fully saturated rings. The molecular weight excluding hydrogens is 208 g/mol. The average Bonchev–Trinajstić information content (AvgIpc) is 2.97. The third kappa shape index (κ3) is 2.07. The van der Waals surface area contributed by atoms with Crippen LogP contribution in [0, 0.1) is 0 Å².